The van der Waals surface area contributed by atoms with Gasteiger partial charge in [0.2, 0.25) is 0 Å². The zero-order valence-corrected chi connectivity index (χ0v) is 19.0. The van der Waals surface area contributed by atoms with Crippen LogP contribution in [0.3, 0.4) is 0 Å². The number of benzene rings is 4. The normalized spacial score (nSPS) is 11.1. The van der Waals surface area contributed by atoms with Crippen molar-refractivity contribution in [1.29, 1.82) is 0 Å². The van der Waals surface area contributed by atoms with Gasteiger partial charge in [-0.3, -0.25) is 10.1 Å². The summed E-state index contributed by atoms with van der Waals surface area (Å²) in [6, 6.07) is 28.6. The molecule has 0 atom stereocenters. The van der Waals surface area contributed by atoms with Crippen LogP contribution in [-0.2, 0) is 0 Å². The Morgan fingerprint density at radius 2 is 1.14 bits per heavy atom. The highest BCUT2D eigenvalue weighted by molar-refractivity contribution is 5.82. The molecule has 0 spiro atoms. The van der Waals surface area contributed by atoms with Gasteiger partial charge in [0.15, 0.2) is 0 Å². The first-order valence-electron chi connectivity index (χ1n) is 11.0. The average molecular weight is 476 g/mol. The quantitative estimate of drug-likeness (QED) is 0.106. The molecule has 176 valence electrons. The molecule has 36 heavy (non-hydrogen) atoms. The Morgan fingerprint density at radius 1 is 0.667 bits per heavy atom. The smallest absolute Gasteiger partial charge is 0.269 e. The molecule has 0 unspecified atom stereocenters. The summed E-state index contributed by atoms with van der Waals surface area (Å²) >= 11 is 0. The third-order valence-electron chi connectivity index (χ3n) is 5.57. The summed E-state index contributed by atoms with van der Waals surface area (Å²) in [6.45, 7) is 0. The molecule has 0 radical (unpaired) electrons. The van der Waals surface area contributed by atoms with Crippen molar-refractivity contribution >= 4 is 28.4 Å². The first-order chi connectivity index (χ1) is 17.5. The predicted molar refractivity (Wildman–Crippen MR) is 141 cm³/mol. The van der Waals surface area contributed by atoms with E-state index in [1.807, 2.05) is 72.8 Å². The van der Waals surface area contributed by atoms with Gasteiger partial charge in [-0.1, -0.05) is 24.3 Å². The number of aromatic nitrogens is 2. The third kappa shape index (κ3) is 4.80. The minimum Gasteiger partial charge on any atom is -0.399 e. The molecule has 1 aromatic heterocycles. The van der Waals surface area contributed by atoms with Crippen molar-refractivity contribution in [3.63, 3.8) is 0 Å². The number of H-pyrrole nitrogens is 1. The molecule has 5 rings (SSSR count). The number of nitrogens with zero attached hydrogens (tertiary/aromatic N) is 4. The molecule has 0 amide bonds. The van der Waals surface area contributed by atoms with Crippen LogP contribution in [0.15, 0.2) is 107 Å². The highest BCUT2D eigenvalue weighted by Gasteiger charge is 2.15. The lowest BCUT2D eigenvalue weighted by molar-refractivity contribution is -0.384. The summed E-state index contributed by atoms with van der Waals surface area (Å²) in [5.41, 5.74) is 18.7. The second-order valence-corrected chi connectivity index (χ2v) is 8.07. The van der Waals surface area contributed by atoms with Crippen LogP contribution in [-0.4, -0.2) is 14.9 Å². The van der Waals surface area contributed by atoms with E-state index in [4.69, 9.17) is 16.5 Å². The number of hydrogen-bond acceptors (Lipinski definition) is 7. The summed E-state index contributed by atoms with van der Waals surface area (Å²) in [5, 5.41) is 19.2. The molecule has 0 aliphatic heterocycles. The van der Waals surface area contributed by atoms with Crippen LogP contribution in [0.5, 0.6) is 0 Å². The van der Waals surface area contributed by atoms with Gasteiger partial charge in [-0.25, -0.2) is 4.98 Å². The number of azo groups is 1. The standard InChI is InChI=1S/C27H21N7O2/c28-20-7-1-17(2-8-20)25-26(18-3-9-21(29)10-4-18)31-27(30-25)19-5-11-22(12-6-19)32-33-23-13-15-24(16-14-23)34(35)36/h1-16H,28-29H2,(H,30,31). The predicted octanol–water partition coefficient (Wildman–Crippen LogP) is 6.90. The molecule has 4 aromatic carbocycles. The Morgan fingerprint density at radius 3 is 1.67 bits per heavy atom. The molecule has 0 bridgehead atoms. The van der Waals surface area contributed by atoms with E-state index in [-0.39, 0.29) is 5.69 Å². The average Bonchev–Trinajstić information content (AvgIpc) is 3.34. The van der Waals surface area contributed by atoms with Gasteiger partial charge < -0.3 is 16.5 Å². The van der Waals surface area contributed by atoms with E-state index in [2.05, 4.69) is 15.2 Å². The number of imidazole rings is 1. The first kappa shape index (κ1) is 22.5. The number of hydrogen-bond donors (Lipinski definition) is 3. The van der Waals surface area contributed by atoms with Crippen LogP contribution in [0.2, 0.25) is 0 Å². The van der Waals surface area contributed by atoms with E-state index >= 15 is 0 Å². The summed E-state index contributed by atoms with van der Waals surface area (Å²) in [7, 11) is 0. The summed E-state index contributed by atoms with van der Waals surface area (Å²) in [5.74, 6) is 0.701. The van der Waals surface area contributed by atoms with E-state index in [9.17, 15) is 10.1 Å². The Bertz CT molecular complexity index is 1480. The van der Waals surface area contributed by atoms with E-state index < -0.39 is 4.92 Å². The van der Waals surface area contributed by atoms with E-state index in [1.54, 1.807) is 12.1 Å². The topological polar surface area (TPSA) is 149 Å². The van der Waals surface area contributed by atoms with Crippen molar-refractivity contribution in [2.24, 2.45) is 10.2 Å². The minimum absolute atomic E-state index is 0.00781. The highest BCUT2D eigenvalue weighted by atomic mass is 16.6. The lowest BCUT2D eigenvalue weighted by atomic mass is 10.0. The minimum atomic E-state index is -0.453. The maximum Gasteiger partial charge on any atom is 0.269 e. The van der Waals surface area contributed by atoms with E-state index in [0.29, 0.717) is 28.6 Å². The van der Waals surface area contributed by atoms with Crippen LogP contribution < -0.4 is 11.5 Å². The second kappa shape index (κ2) is 9.51. The number of nitrogens with one attached hydrogen (secondary N) is 1. The number of aromatic amines is 1. The monoisotopic (exact) mass is 475 g/mol. The number of nitro groups is 1. The van der Waals surface area contributed by atoms with Crippen LogP contribution >= 0.6 is 0 Å². The highest BCUT2D eigenvalue weighted by Crippen LogP contribution is 2.34. The SMILES string of the molecule is Nc1ccc(-c2nc(-c3ccc(N=Nc4ccc([N+](=O)[O-])cc4)cc3)[nH]c2-c2ccc(N)cc2)cc1. The molecule has 1 heterocycles. The fourth-order valence-electron chi connectivity index (χ4n) is 3.66. The second-order valence-electron chi connectivity index (χ2n) is 8.07. The zero-order chi connectivity index (χ0) is 25.1. The van der Waals surface area contributed by atoms with E-state index in [0.717, 1.165) is 28.1 Å². The zero-order valence-electron chi connectivity index (χ0n) is 19.0. The van der Waals surface area contributed by atoms with Gasteiger partial charge in [0.05, 0.1) is 27.7 Å². The maximum absolute atomic E-state index is 10.8. The molecule has 0 fully saturated rings. The van der Waals surface area contributed by atoms with Crippen LogP contribution in [0.4, 0.5) is 28.4 Å². The van der Waals surface area contributed by atoms with Gasteiger partial charge in [-0.05, 0) is 60.7 Å². The third-order valence-corrected chi connectivity index (χ3v) is 5.57. The van der Waals surface area contributed by atoms with Gasteiger partial charge in [-0.15, -0.1) is 0 Å². The number of nitrogen functional groups attached to an aromatic ring is 2. The molecule has 0 aliphatic carbocycles. The molecular weight excluding hydrogens is 454 g/mol. The lowest BCUT2D eigenvalue weighted by Crippen LogP contribution is -1.88. The van der Waals surface area contributed by atoms with Crippen molar-refractivity contribution in [3.8, 4) is 33.9 Å². The molecule has 9 heteroatoms. The molecule has 5 N–H and O–H groups in total. The molecule has 0 saturated carbocycles. The maximum atomic E-state index is 10.8. The lowest BCUT2D eigenvalue weighted by Gasteiger charge is -2.04. The van der Waals surface area contributed by atoms with Gasteiger partial charge in [-0.2, -0.15) is 10.2 Å². The summed E-state index contributed by atoms with van der Waals surface area (Å²) in [4.78, 5) is 18.7. The van der Waals surface area contributed by atoms with Crippen molar-refractivity contribution in [1.82, 2.24) is 9.97 Å². The van der Waals surface area contributed by atoms with Gasteiger partial charge in [0.1, 0.15) is 5.82 Å². The van der Waals surface area contributed by atoms with Crippen LogP contribution in [0, 0.1) is 10.1 Å². The molecular formula is C27H21N7O2. The Kier molecular flexibility index (Phi) is 5.94. The van der Waals surface area contributed by atoms with Crippen molar-refractivity contribution in [2.45, 2.75) is 0 Å². The molecule has 0 aliphatic rings. The largest absolute Gasteiger partial charge is 0.399 e. The first-order valence-corrected chi connectivity index (χ1v) is 11.0. The van der Waals surface area contributed by atoms with Gasteiger partial charge in [0.25, 0.3) is 5.69 Å². The molecule has 5 aromatic rings. The van der Waals surface area contributed by atoms with E-state index in [1.165, 1.54) is 12.1 Å². The fraction of sp³-hybridized carbons (Fsp3) is 0. The number of anilines is 2. The number of nitrogens with two attached hydrogens (primary N) is 2. The van der Waals surface area contributed by atoms with Crippen molar-refractivity contribution in [3.05, 3.63) is 107 Å². The summed E-state index contributed by atoms with van der Waals surface area (Å²) < 4.78 is 0. The Hall–Kier alpha value is -5.31. The number of non-ortho nitro benzene ring substituents is 1. The summed E-state index contributed by atoms with van der Waals surface area (Å²) in [6.07, 6.45) is 0. The van der Waals surface area contributed by atoms with Crippen molar-refractivity contribution < 1.29 is 4.92 Å². The Balaban J connectivity index is 1.44. The molecule has 0 saturated heterocycles. The Labute approximate surface area is 206 Å². The van der Waals surface area contributed by atoms with Crippen molar-refractivity contribution in [2.75, 3.05) is 11.5 Å². The van der Waals surface area contributed by atoms with Gasteiger partial charge >= 0.3 is 0 Å². The van der Waals surface area contributed by atoms with Crippen LogP contribution in [0.25, 0.3) is 33.9 Å². The molecule has 9 nitrogen and oxygen atoms in total. The van der Waals surface area contributed by atoms with Crippen LogP contribution in [0.1, 0.15) is 0 Å². The number of rotatable bonds is 6. The number of nitro benzene ring substituents is 1. The van der Waals surface area contributed by atoms with Gasteiger partial charge in [0, 0.05) is 40.2 Å². The fourth-order valence-corrected chi connectivity index (χ4v) is 3.66.